The standard InChI is InChI=1S/C17H26ClNO2/c1-4-19-8-7-16(20)14(11-19)9-13-5-6-17(15(18)10-13)21-12(2)3/h5-6,10,12,14,16,20H,4,7-9,11H2,1-3H3. The summed E-state index contributed by atoms with van der Waals surface area (Å²) in [5, 5.41) is 10.9. The van der Waals surface area contributed by atoms with Gasteiger partial charge in [0, 0.05) is 19.0 Å². The summed E-state index contributed by atoms with van der Waals surface area (Å²) in [6, 6.07) is 5.96. The number of halogens is 1. The van der Waals surface area contributed by atoms with Crippen LogP contribution in [0, 0.1) is 5.92 Å². The van der Waals surface area contributed by atoms with Crippen LogP contribution in [0.1, 0.15) is 32.8 Å². The minimum Gasteiger partial charge on any atom is -0.489 e. The van der Waals surface area contributed by atoms with E-state index < -0.39 is 0 Å². The van der Waals surface area contributed by atoms with Gasteiger partial charge in [0.2, 0.25) is 0 Å². The first-order chi connectivity index (χ1) is 9.99. The SMILES string of the molecule is CCN1CCC(O)C(Cc2ccc(OC(C)C)c(Cl)c2)C1. The third-order valence-electron chi connectivity index (χ3n) is 4.08. The average Bonchev–Trinajstić information content (AvgIpc) is 2.44. The normalized spacial score (nSPS) is 23.5. The number of hydrogen-bond donors (Lipinski definition) is 1. The number of piperidine rings is 1. The van der Waals surface area contributed by atoms with E-state index in [4.69, 9.17) is 16.3 Å². The predicted molar refractivity (Wildman–Crippen MR) is 87.1 cm³/mol. The molecule has 21 heavy (non-hydrogen) atoms. The van der Waals surface area contributed by atoms with Gasteiger partial charge in [0.1, 0.15) is 5.75 Å². The van der Waals surface area contributed by atoms with Crippen LogP contribution in [-0.4, -0.2) is 41.8 Å². The van der Waals surface area contributed by atoms with Crippen molar-refractivity contribution >= 4 is 11.6 Å². The molecular formula is C17H26ClNO2. The monoisotopic (exact) mass is 311 g/mol. The van der Waals surface area contributed by atoms with Crippen molar-refractivity contribution in [3.8, 4) is 5.75 Å². The molecule has 118 valence electrons. The van der Waals surface area contributed by atoms with Crippen LogP contribution in [0.2, 0.25) is 5.02 Å². The number of aliphatic hydroxyl groups is 1. The Morgan fingerprint density at radius 2 is 2.19 bits per heavy atom. The lowest BCUT2D eigenvalue weighted by molar-refractivity contribution is 0.0290. The molecule has 2 unspecified atom stereocenters. The van der Waals surface area contributed by atoms with Crippen LogP contribution in [0.5, 0.6) is 5.75 Å². The Morgan fingerprint density at radius 1 is 1.43 bits per heavy atom. The molecule has 0 aliphatic carbocycles. The predicted octanol–water partition coefficient (Wildman–Crippen LogP) is 3.37. The minimum atomic E-state index is -0.210. The summed E-state index contributed by atoms with van der Waals surface area (Å²) in [4.78, 5) is 2.40. The van der Waals surface area contributed by atoms with E-state index >= 15 is 0 Å². The molecule has 1 aliphatic heterocycles. The van der Waals surface area contributed by atoms with Crippen molar-refractivity contribution in [2.75, 3.05) is 19.6 Å². The molecule has 1 aromatic carbocycles. The first-order valence-electron chi connectivity index (χ1n) is 7.85. The highest BCUT2D eigenvalue weighted by molar-refractivity contribution is 6.32. The molecule has 2 atom stereocenters. The maximum Gasteiger partial charge on any atom is 0.138 e. The molecule has 0 radical (unpaired) electrons. The second-order valence-electron chi connectivity index (χ2n) is 6.14. The Balaban J connectivity index is 2.03. The van der Waals surface area contributed by atoms with E-state index in [1.165, 1.54) is 0 Å². The van der Waals surface area contributed by atoms with E-state index in [2.05, 4.69) is 17.9 Å². The molecule has 0 bridgehead atoms. The topological polar surface area (TPSA) is 32.7 Å². The lowest BCUT2D eigenvalue weighted by Gasteiger charge is -2.35. The van der Waals surface area contributed by atoms with E-state index in [9.17, 15) is 5.11 Å². The summed E-state index contributed by atoms with van der Waals surface area (Å²) in [6.45, 7) is 9.15. The van der Waals surface area contributed by atoms with Crippen LogP contribution in [0.15, 0.2) is 18.2 Å². The summed E-state index contributed by atoms with van der Waals surface area (Å²) in [7, 11) is 0. The summed E-state index contributed by atoms with van der Waals surface area (Å²) in [6.07, 6.45) is 1.63. The van der Waals surface area contributed by atoms with Crippen LogP contribution < -0.4 is 4.74 Å². The lowest BCUT2D eigenvalue weighted by Crippen LogP contribution is -2.43. The molecule has 1 fully saturated rings. The van der Waals surface area contributed by atoms with Crippen LogP contribution >= 0.6 is 11.6 Å². The smallest absolute Gasteiger partial charge is 0.138 e. The first kappa shape index (κ1) is 16.6. The van der Waals surface area contributed by atoms with Gasteiger partial charge in [0.25, 0.3) is 0 Å². The van der Waals surface area contributed by atoms with Crippen LogP contribution in [0.4, 0.5) is 0 Å². The molecule has 1 saturated heterocycles. The van der Waals surface area contributed by atoms with Crippen molar-refractivity contribution in [2.45, 2.75) is 45.8 Å². The van der Waals surface area contributed by atoms with Gasteiger partial charge in [-0.05, 0) is 50.9 Å². The Hall–Kier alpha value is -0.770. The highest BCUT2D eigenvalue weighted by Crippen LogP contribution is 2.29. The van der Waals surface area contributed by atoms with Crippen molar-refractivity contribution in [3.63, 3.8) is 0 Å². The Bertz CT molecular complexity index is 464. The van der Waals surface area contributed by atoms with Crippen LogP contribution in [-0.2, 0) is 6.42 Å². The maximum absolute atomic E-state index is 10.2. The second kappa shape index (κ2) is 7.48. The van der Waals surface area contributed by atoms with Gasteiger partial charge in [-0.2, -0.15) is 0 Å². The number of aliphatic hydroxyl groups excluding tert-OH is 1. The summed E-state index contributed by atoms with van der Waals surface area (Å²) in [5.41, 5.74) is 1.16. The van der Waals surface area contributed by atoms with Gasteiger partial charge in [-0.1, -0.05) is 24.6 Å². The fraction of sp³-hybridized carbons (Fsp3) is 0.647. The van der Waals surface area contributed by atoms with E-state index in [0.717, 1.165) is 43.8 Å². The second-order valence-corrected chi connectivity index (χ2v) is 6.55. The van der Waals surface area contributed by atoms with Gasteiger partial charge in [-0.15, -0.1) is 0 Å². The highest BCUT2D eigenvalue weighted by atomic mass is 35.5. The highest BCUT2D eigenvalue weighted by Gasteiger charge is 2.27. The van der Waals surface area contributed by atoms with Crippen LogP contribution in [0.25, 0.3) is 0 Å². The first-order valence-corrected chi connectivity index (χ1v) is 8.23. The van der Waals surface area contributed by atoms with Crippen molar-refractivity contribution in [1.29, 1.82) is 0 Å². The Kier molecular flexibility index (Phi) is 5.91. The molecule has 0 spiro atoms. The summed E-state index contributed by atoms with van der Waals surface area (Å²) >= 11 is 6.29. The quantitative estimate of drug-likeness (QED) is 0.905. The van der Waals surface area contributed by atoms with Gasteiger partial charge in [0.15, 0.2) is 0 Å². The third kappa shape index (κ3) is 4.60. The molecule has 0 amide bonds. The van der Waals surface area contributed by atoms with Gasteiger partial charge in [-0.25, -0.2) is 0 Å². The Labute approximate surface area is 132 Å². The molecule has 1 aromatic rings. The van der Waals surface area contributed by atoms with Crippen molar-refractivity contribution < 1.29 is 9.84 Å². The number of ether oxygens (including phenoxy) is 1. The van der Waals surface area contributed by atoms with E-state index in [1.54, 1.807) is 0 Å². The Morgan fingerprint density at radius 3 is 2.81 bits per heavy atom. The van der Waals surface area contributed by atoms with E-state index in [0.29, 0.717) is 5.02 Å². The van der Waals surface area contributed by atoms with Gasteiger partial charge < -0.3 is 14.7 Å². The zero-order valence-electron chi connectivity index (χ0n) is 13.2. The number of likely N-dealkylation sites (tertiary alicyclic amines) is 1. The average molecular weight is 312 g/mol. The molecule has 1 heterocycles. The summed E-state index contributed by atoms with van der Waals surface area (Å²) < 4.78 is 5.66. The van der Waals surface area contributed by atoms with Crippen LogP contribution in [0.3, 0.4) is 0 Å². The molecule has 2 rings (SSSR count). The number of benzene rings is 1. The van der Waals surface area contributed by atoms with Gasteiger partial charge in [-0.3, -0.25) is 0 Å². The fourth-order valence-electron chi connectivity index (χ4n) is 2.91. The zero-order valence-corrected chi connectivity index (χ0v) is 13.9. The van der Waals surface area contributed by atoms with Gasteiger partial charge in [0.05, 0.1) is 17.2 Å². The van der Waals surface area contributed by atoms with Gasteiger partial charge >= 0.3 is 0 Å². The maximum atomic E-state index is 10.2. The van der Waals surface area contributed by atoms with E-state index in [-0.39, 0.29) is 18.1 Å². The molecule has 1 N–H and O–H groups in total. The lowest BCUT2D eigenvalue weighted by atomic mass is 9.88. The largest absolute Gasteiger partial charge is 0.489 e. The van der Waals surface area contributed by atoms with Crippen molar-refractivity contribution in [1.82, 2.24) is 4.90 Å². The fourth-order valence-corrected chi connectivity index (χ4v) is 3.15. The van der Waals surface area contributed by atoms with E-state index in [1.807, 2.05) is 26.0 Å². The molecule has 1 aliphatic rings. The molecular weight excluding hydrogens is 286 g/mol. The molecule has 4 heteroatoms. The minimum absolute atomic E-state index is 0.117. The molecule has 3 nitrogen and oxygen atoms in total. The molecule has 0 aromatic heterocycles. The van der Waals surface area contributed by atoms with Crippen molar-refractivity contribution in [2.24, 2.45) is 5.92 Å². The number of nitrogens with zero attached hydrogens (tertiary/aromatic N) is 1. The van der Waals surface area contributed by atoms with Crippen molar-refractivity contribution in [3.05, 3.63) is 28.8 Å². The third-order valence-corrected chi connectivity index (χ3v) is 4.38. The summed E-state index contributed by atoms with van der Waals surface area (Å²) in [5.74, 6) is 1.02. The molecule has 0 saturated carbocycles. The number of hydrogen-bond acceptors (Lipinski definition) is 3. The number of rotatable bonds is 5. The zero-order chi connectivity index (χ0) is 15.4.